The molecule has 0 aliphatic heterocycles. The lowest BCUT2D eigenvalue weighted by Gasteiger charge is -2.17. The molecule has 4 aromatic rings. The Bertz CT molecular complexity index is 1340. The molecule has 174 valence electrons. The molecule has 1 aliphatic rings. The Labute approximate surface area is 207 Å². The highest BCUT2D eigenvalue weighted by molar-refractivity contribution is 6.13. The van der Waals surface area contributed by atoms with Crippen LogP contribution in [0.25, 0.3) is 11.1 Å². The zero-order valence-electron chi connectivity index (χ0n) is 20.0. The second-order valence-corrected chi connectivity index (χ2v) is 9.20. The van der Waals surface area contributed by atoms with Crippen molar-refractivity contribution in [3.05, 3.63) is 125 Å². The minimum atomic E-state index is 0.258. The van der Waals surface area contributed by atoms with Gasteiger partial charge in [0.05, 0.1) is 12.2 Å². The van der Waals surface area contributed by atoms with E-state index in [2.05, 4.69) is 59.7 Å². The third-order valence-electron chi connectivity index (χ3n) is 6.40. The van der Waals surface area contributed by atoms with Gasteiger partial charge in [0.1, 0.15) is 5.84 Å². The number of hydrogen-bond donors (Lipinski definition) is 2. The van der Waals surface area contributed by atoms with Crippen LogP contribution in [0.4, 0.5) is 0 Å². The van der Waals surface area contributed by atoms with Gasteiger partial charge in [0.2, 0.25) is 0 Å². The van der Waals surface area contributed by atoms with Crippen LogP contribution in [0, 0.1) is 18.3 Å². The summed E-state index contributed by atoms with van der Waals surface area (Å²) >= 11 is 0. The zero-order valence-corrected chi connectivity index (χ0v) is 20.0. The molecular formula is C31H30N4. The first-order valence-electron chi connectivity index (χ1n) is 12.2. The van der Waals surface area contributed by atoms with Gasteiger partial charge in [0, 0.05) is 17.3 Å². The van der Waals surface area contributed by atoms with Crippen molar-refractivity contribution < 1.29 is 0 Å². The standard InChI is InChI=1S/C31H30N4/c1-22-9-7-15-28(25-11-3-2-4-12-25)29(22)31(34-21-27-14-5-6-18-33-27)35-30(32)26-13-8-10-24(20-26)19-23-16-17-23/h2-15,18,20,23H,16-17,19,21H2,1H3,(H2,32,34,35). The second kappa shape index (κ2) is 10.5. The van der Waals surface area contributed by atoms with Gasteiger partial charge in [-0.15, -0.1) is 0 Å². The monoisotopic (exact) mass is 458 g/mol. The van der Waals surface area contributed by atoms with Gasteiger partial charge in [0.15, 0.2) is 5.84 Å². The smallest absolute Gasteiger partial charge is 0.154 e. The largest absolute Gasteiger partial charge is 0.364 e. The summed E-state index contributed by atoms with van der Waals surface area (Å²) in [6.07, 6.45) is 5.52. The van der Waals surface area contributed by atoms with E-state index in [0.717, 1.165) is 45.8 Å². The Morgan fingerprint density at radius 2 is 1.74 bits per heavy atom. The quantitative estimate of drug-likeness (QED) is 0.243. The van der Waals surface area contributed by atoms with Gasteiger partial charge >= 0.3 is 0 Å². The zero-order chi connectivity index (χ0) is 24.0. The maximum atomic E-state index is 8.89. The van der Waals surface area contributed by atoms with Gasteiger partial charge in [-0.05, 0) is 72.6 Å². The number of amidine groups is 2. The van der Waals surface area contributed by atoms with E-state index in [1.807, 2.05) is 48.5 Å². The molecule has 0 saturated heterocycles. The molecule has 4 heteroatoms. The third kappa shape index (κ3) is 5.72. The average Bonchev–Trinajstić information content (AvgIpc) is 3.72. The van der Waals surface area contributed by atoms with Crippen molar-refractivity contribution >= 4 is 11.7 Å². The second-order valence-electron chi connectivity index (χ2n) is 9.20. The van der Waals surface area contributed by atoms with Crippen LogP contribution in [-0.2, 0) is 13.0 Å². The summed E-state index contributed by atoms with van der Waals surface area (Å²) in [7, 11) is 0. The molecule has 35 heavy (non-hydrogen) atoms. The summed E-state index contributed by atoms with van der Waals surface area (Å²) in [6, 6.07) is 30.8. The topological polar surface area (TPSA) is 61.1 Å². The van der Waals surface area contributed by atoms with E-state index < -0.39 is 0 Å². The van der Waals surface area contributed by atoms with E-state index in [9.17, 15) is 0 Å². The fourth-order valence-corrected chi connectivity index (χ4v) is 4.38. The van der Waals surface area contributed by atoms with Crippen LogP contribution in [0.1, 0.15) is 40.8 Å². The van der Waals surface area contributed by atoms with E-state index in [-0.39, 0.29) is 5.84 Å². The van der Waals surface area contributed by atoms with E-state index in [1.54, 1.807) is 6.20 Å². The van der Waals surface area contributed by atoms with Gasteiger partial charge in [0.25, 0.3) is 0 Å². The molecule has 1 aliphatic carbocycles. The lowest BCUT2D eigenvalue weighted by molar-refractivity contribution is 0.832. The van der Waals surface area contributed by atoms with Crippen molar-refractivity contribution in [2.75, 3.05) is 0 Å². The minimum Gasteiger partial charge on any atom is -0.364 e. The Balaban J connectivity index is 1.54. The average molecular weight is 459 g/mol. The van der Waals surface area contributed by atoms with Crippen LogP contribution < -0.4 is 5.32 Å². The maximum absolute atomic E-state index is 8.89. The molecule has 1 fully saturated rings. The predicted molar refractivity (Wildman–Crippen MR) is 144 cm³/mol. The predicted octanol–water partition coefficient (Wildman–Crippen LogP) is 6.57. The SMILES string of the molecule is Cc1cccc(-c2ccccc2)c1/C(=N\C(=N)c1cccc(CC2CC2)c1)NCc1ccccn1. The molecule has 0 radical (unpaired) electrons. The van der Waals surface area contributed by atoms with Crippen LogP contribution in [0.3, 0.4) is 0 Å². The molecule has 3 aromatic carbocycles. The first-order valence-corrected chi connectivity index (χ1v) is 12.2. The number of aryl methyl sites for hydroxylation is 1. The molecule has 1 heterocycles. The number of benzene rings is 3. The Morgan fingerprint density at radius 3 is 2.51 bits per heavy atom. The number of nitrogens with one attached hydrogen (secondary N) is 2. The molecule has 0 bridgehead atoms. The summed E-state index contributed by atoms with van der Waals surface area (Å²) in [4.78, 5) is 9.33. The molecule has 0 spiro atoms. The van der Waals surface area contributed by atoms with Gasteiger partial charge in [-0.2, -0.15) is 0 Å². The highest BCUT2D eigenvalue weighted by atomic mass is 15.0. The summed E-state index contributed by atoms with van der Waals surface area (Å²) in [5.74, 6) is 1.75. The lowest BCUT2D eigenvalue weighted by atomic mass is 9.95. The number of aliphatic imine (C=N–C) groups is 1. The van der Waals surface area contributed by atoms with E-state index in [1.165, 1.54) is 18.4 Å². The molecule has 1 saturated carbocycles. The summed E-state index contributed by atoms with van der Waals surface area (Å²) in [5, 5.41) is 12.4. The number of rotatable bonds is 7. The minimum absolute atomic E-state index is 0.258. The van der Waals surface area contributed by atoms with E-state index in [4.69, 9.17) is 10.4 Å². The number of aromatic nitrogens is 1. The fraction of sp³-hybridized carbons (Fsp3) is 0.194. The number of pyridine rings is 1. The Kier molecular flexibility index (Phi) is 6.80. The molecular weight excluding hydrogens is 428 g/mol. The van der Waals surface area contributed by atoms with Gasteiger partial charge < -0.3 is 5.32 Å². The summed E-state index contributed by atoms with van der Waals surface area (Å²) in [6.45, 7) is 2.62. The van der Waals surface area contributed by atoms with Crippen molar-refractivity contribution in [1.82, 2.24) is 10.3 Å². The van der Waals surface area contributed by atoms with Crippen molar-refractivity contribution in [3.8, 4) is 11.1 Å². The molecule has 0 unspecified atom stereocenters. The van der Waals surface area contributed by atoms with Crippen molar-refractivity contribution in [2.45, 2.75) is 32.7 Å². The molecule has 4 nitrogen and oxygen atoms in total. The first kappa shape index (κ1) is 22.7. The maximum Gasteiger partial charge on any atom is 0.154 e. The summed E-state index contributed by atoms with van der Waals surface area (Å²) < 4.78 is 0. The Hall–Kier alpha value is -4.05. The number of hydrogen-bond acceptors (Lipinski definition) is 2. The van der Waals surface area contributed by atoms with Gasteiger partial charge in [-0.3, -0.25) is 10.4 Å². The Morgan fingerprint density at radius 1 is 0.943 bits per heavy atom. The lowest BCUT2D eigenvalue weighted by Crippen LogP contribution is -2.27. The molecule has 0 amide bonds. The van der Waals surface area contributed by atoms with Crippen molar-refractivity contribution in [2.24, 2.45) is 10.9 Å². The molecule has 5 rings (SSSR count). The van der Waals surface area contributed by atoms with Crippen LogP contribution in [0.5, 0.6) is 0 Å². The van der Waals surface area contributed by atoms with Gasteiger partial charge in [-0.25, -0.2) is 4.99 Å². The van der Waals surface area contributed by atoms with Crippen molar-refractivity contribution in [1.29, 1.82) is 5.41 Å². The van der Waals surface area contributed by atoms with E-state index in [0.29, 0.717) is 12.4 Å². The highest BCUT2D eigenvalue weighted by Gasteiger charge is 2.21. The third-order valence-corrected chi connectivity index (χ3v) is 6.40. The van der Waals surface area contributed by atoms with Crippen LogP contribution in [0.2, 0.25) is 0 Å². The first-order chi connectivity index (χ1) is 17.2. The summed E-state index contributed by atoms with van der Waals surface area (Å²) in [5.41, 5.74) is 7.38. The van der Waals surface area contributed by atoms with Crippen LogP contribution >= 0.6 is 0 Å². The van der Waals surface area contributed by atoms with Crippen LogP contribution in [0.15, 0.2) is 102 Å². The van der Waals surface area contributed by atoms with Crippen LogP contribution in [-0.4, -0.2) is 16.7 Å². The molecule has 2 N–H and O–H groups in total. The number of nitrogens with zero attached hydrogens (tertiary/aromatic N) is 2. The van der Waals surface area contributed by atoms with Crippen molar-refractivity contribution in [3.63, 3.8) is 0 Å². The fourth-order valence-electron chi connectivity index (χ4n) is 4.38. The van der Waals surface area contributed by atoms with Gasteiger partial charge in [-0.1, -0.05) is 72.8 Å². The highest BCUT2D eigenvalue weighted by Crippen LogP contribution is 2.32. The normalized spacial score (nSPS) is 13.5. The molecule has 0 atom stereocenters. The molecule has 1 aromatic heterocycles. The van der Waals surface area contributed by atoms with E-state index >= 15 is 0 Å².